The molecule has 0 atom stereocenters. The maximum Gasteiger partial charge on any atom is 0.123 e. The molecule has 0 saturated heterocycles. The van der Waals surface area contributed by atoms with Gasteiger partial charge in [0.1, 0.15) is 5.82 Å². The second kappa shape index (κ2) is 6.18. The van der Waals surface area contributed by atoms with Gasteiger partial charge in [-0.2, -0.15) is 0 Å². The van der Waals surface area contributed by atoms with Crippen LogP contribution in [0, 0.1) is 11.7 Å². The molecule has 0 radical (unpaired) electrons. The topological polar surface area (TPSA) is 35.2 Å². The van der Waals surface area contributed by atoms with E-state index in [2.05, 4.69) is 0 Å². The lowest BCUT2D eigenvalue weighted by Gasteiger charge is -2.31. The van der Waals surface area contributed by atoms with Gasteiger partial charge in [-0.15, -0.1) is 12.4 Å². The molecule has 90 valence electrons. The Bertz CT molecular complexity index is 311. The summed E-state index contributed by atoms with van der Waals surface area (Å²) >= 11 is 0. The zero-order chi connectivity index (χ0) is 10.7. The highest BCUT2D eigenvalue weighted by Crippen LogP contribution is 2.25. The van der Waals surface area contributed by atoms with Gasteiger partial charge in [-0.25, -0.2) is 4.39 Å². The van der Waals surface area contributed by atoms with Crippen molar-refractivity contribution in [2.75, 3.05) is 6.61 Å². The Kier molecular flexibility index (Phi) is 5.19. The lowest BCUT2D eigenvalue weighted by atomic mass is 9.82. The van der Waals surface area contributed by atoms with E-state index in [1.807, 2.05) is 0 Å². The van der Waals surface area contributed by atoms with Crippen molar-refractivity contribution in [3.8, 4) is 0 Å². The van der Waals surface area contributed by atoms with Crippen molar-refractivity contribution in [2.24, 2.45) is 11.7 Å². The number of benzene rings is 1. The van der Waals surface area contributed by atoms with Crippen LogP contribution in [-0.2, 0) is 11.3 Å². The Morgan fingerprint density at radius 2 is 1.88 bits per heavy atom. The molecule has 1 aromatic carbocycles. The first kappa shape index (κ1) is 13.4. The summed E-state index contributed by atoms with van der Waals surface area (Å²) in [6, 6.07) is 6.80. The van der Waals surface area contributed by atoms with Crippen molar-refractivity contribution in [1.82, 2.24) is 0 Å². The molecule has 0 aliphatic heterocycles. The van der Waals surface area contributed by atoms with Gasteiger partial charge in [0.2, 0.25) is 0 Å². The van der Waals surface area contributed by atoms with Crippen molar-refractivity contribution in [3.05, 3.63) is 35.6 Å². The van der Waals surface area contributed by atoms with E-state index in [4.69, 9.17) is 10.5 Å². The standard InChI is InChI=1S/C12H16FNO.ClH/c13-11-3-1-9(2-4-11)7-15-8-10-5-12(14)6-10;/h1-4,10,12H,5-8,14H2;1H. The van der Waals surface area contributed by atoms with Gasteiger partial charge in [-0.1, -0.05) is 12.1 Å². The third-order valence-corrected chi connectivity index (χ3v) is 2.81. The number of ether oxygens (including phenoxy) is 1. The third kappa shape index (κ3) is 3.74. The molecule has 1 aromatic rings. The molecular weight excluding hydrogens is 229 g/mol. The summed E-state index contributed by atoms with van der Waals surface area (Å²) in [5.41, 5.74) is 6.69. The van der Waals surface area contributed by atoms with Crippen molar-refractivity contribution in [1.29, 1.82) is 0 Å². The molecule has 0 heterocycles. The smallest absolute Gasteiger partial charge is 0.123 e. The van der Waals surface area contributed by atoms with Crippen molar-refractivity contribution >= 4 is 12.4 Å². The van der Waals surface area contributed by atoms with Crippen LogP contribution in [0.25, 0.3) is 0 Å². The van der Waals surface area contributed by atoms with Gasteiger partial charge in [0.15, 0.2) is 0 Å². The molecule has 1 aliphatic rings. The minimum absolute atomic E-state index is 0. The molecule has 0 bridgehead atoms. The maximum atomic E-state index is 12.6. The van der Waals surface area contributed by atoms with Crippen LogP contribution >= 0.6 is 12.4 Å². The molecular formula is C12H17ClFNO. The Morgan fingerprint density at radius 1 is 1.25 bits per heavy atom. The van der Waals surface area contributed by atoms with Gasteiger partial charge in [0.25, 0.3) is 0 Å². The van der Waals surface area contributed by atoms with Crippen LogP contribution in [0.15, 0.2) is 24.3 Å². The zero-order valence-corrected chi connectivity index (χ0v) is 9.88. The summed E-state index contributed by atoms with van der Waals surface area (Å²) in [6.07, 6.45) is 2.15. The molecule has 0 amide bonds. The quantitative estimate of drug-likeness (QED) is 0.885. The minimum Gasteiger partial charge on any atom is -0.376 e. The van der Waals surface area contributed by atoms with Crippen LogP contribution < -0.4 is 5.73 Å². The van der Waals surface area contributed by atoms with E-state index in [-0.39, 0.29) is 18.2 Å². The molecule has 0 spiro atoms. The van der Waals surface area contributed by atoms with Crippen LogP contribution in [0.2, 0.25) is 0 Å². The van der Waals surface area contributed by atoms with Crippen molar-refractivity contribution in [3.63, 3.8) is 0 Å². The predicted octanol–water partition coefficient (Wildman–Crippen LogP) is 2.50. The second-order valence-corrected chi connectivity index (χ2v) is 4.24. The molecule has 0 unspecified atom stereocenters. The molecule has 2 nitrogen and oxygen atoms in total. The van der Waals surface area contributed by atoms with Gasteiger partial charge < -0.3 is 10.5 Å². The average molecular weight is 246 g/mol. The molecule has 1 aliphatic carbocycles. The van der Waals surface area contributed by atoms with Crippen LogP contribution in [0.4, 0.5) is 4.39 Å². The van der Waals surface area contributed by atoms with E-state index < -0.39 is 0 Å². The first-order chi connectivity index (χ1) is 7.24. The summed E-state index contributed by atoms with van der Waals surface area (Å²) in [7, 11) is 0. The fraction of sp³-hybridized carbons (Fsp3) is 0.500. The van der Waals surface area contributed by atoms with Gasteiger partial charge in [-0.3, -0.25) is 0 Å². The first-order valence-electron chi connectivity index (χ1n) is 5.32. The Labute approximate surface area is 101 Å². The van der Waals surface area contributed by atoms with E-state index in [1.54, 1.807) is 12.1 Å². The van der Waals surface area contributed by atoms with E-state index in [0.29, 0.717) is 18.6 Å². The average Bonchev–Trinajstić information content (AvgIpc) is 2.18. The maximum absolute atomic E-state index is 12.6. The zero-order valence-electron chi connectivity index (χ0n) is 9.06. The van der Waals surface area contributed by atoms with Crippen molar-refractivity contribution < 1.29 is 9.13 Å². The summed E-state index contributed by atoms with van der Waals surface area (Å²) in [5.74, 6) is 0.421. The van der Waals surface area contributed by atoms with Gasteiger partial charge >= 0.3 is 0 Å². The lowest BCUT2D eigenvalue weighted by molar-refractivity contribution is 0.0519. The van der Waals surface area contributed by atoms with Gasteiger partial charge in [-0.05, 0) is 36.5 Å². The minimum atomic E-state index is -0.205. The number of rotatable bonds is 4. The van der Waals surface area contributed by atoms with Crippen LogP contribution in [0.1, 0.15) is 18.4 Å². The van der Waals surface area contributed by atoms with E-state index in [1.165, 1.54) is 12.1 Å². The molecule has 1 fully saturated rings. The molecule has 4 heteroatoms. The Hall–Kier alpha value is -0.640. The predicted molar refractivity (Wildman–Crippen MR) is 64.0 cm³/mol. The molecule has 1 saturated carbocycles. The van der Waals surface area contributed by atoms with E-state index >= 15 is 0 Å². The normalized spacial score (nSPS) is 23.4. The fourth-order valence-corrected chi connectivity index (χ4v) is 1.85. The first-order valence-corrected chi connectivity index (χ1v) is 5.32. The van der Waals surface area contributed by atoms with Crippen LogP contribution in [0.5, 0.6) is 0 Å². The lowest BCUT2D eigenvalue weighted by Crippen LogP contribution is -2.38. The highest BCUT2D eigenvalue weighted by atomic mass is 35.5. The summed E-state index contributed by atoms with van der Waals surface area (Å²) in [6.45, 7) is 1.33. The summed E-state index contributed by atoms with van der Waals surface area (Å²) in [5, 5.41) is 0. The van der Waals surface area contributed by atoms with Crippen LogP contribution in [0.3, 0.4) is 0 Å². The Morgan fingerprint density at radius 3 is 2.44 bits per heavy atom. The highest BCUT2D eigenvalue weighted by molar-refractivity contribution is 5.85. The molecule has 2 rings (SSSR count). The number of nitrogens with two attached hydrogens (primary N) is 1. The van der Waals surface area contributed by atoms with E-state index in [0.717, 1.165) is 25.0 Å². The van der Waals surface area contributed by atoms with Crippen LogP contribution in [-0.4, -0.2) is 12.6 Å². The van der Waals surface area contributed by atoms with Gasteiger partial charge in [0, 0.05) is 12.6 Å². The highest BCUT2D eigenvalue weighted by Gasteiger charge is 2.25. The SMILES string of the molecule is Cl.NC1CC(COCc2ccc(F)cc2)C1. The van der Waals surface area contributed by atoms with Gasteiger partial charge in [0.05, 0.1) is 6.61 Å². The fourth-order valence-electron chi connectivity index (χ4n) is 1.85. The van der Waals surface area contributed by atoms with E-state index in [9.17, 15) is 4.39 Å². The largest absolute Gasteiger partial charge is 0.376 e. The third-order valence-electron chi connectivity index (χ3n) is 2.81. The molecule has 2 N–H and O–H groups in total. The number of halogens is 2. The second-order valence-electron chi connectivity index (χ2n) is 4.24. The monoisotopic (exact) mass is 245 g/mol. The molecule has 0 aromatic heterocycles. The molecule has 16 heavy (non-hydrogen) atoms. The summed E-state index contributed by atoms with van der Waals surface area (Å²) in [4.78, 5) is 0. The summed E-state index contributed by atoms with van der Waals surface area (Å²) < 4.78 is 18.1. The number of hydrogen-bond acceptors (Lipinski definition) is 2. The number of hydrogen-bond donors (Lipinski definition) is 1. The Balaban J connectivity index is 0.00000128. The van der Waals surface area contributed by atoms with Crippen molar-refractivity contribution in [2.45, 2.75) is 25.5 Å².